The molecule has 94 valence electrons. The summed E-state index contributed by atoms with van der Waals surface area (Å²) in [7, 11) is 0. The van der Waals surface area contributed by atoms with Crippen LogP contribution < -0.4 is 11.1 Å². The molecule has 4 nitrogen and oxygen atoms in total. The summed E-state index contributed by atoms with van der Waals surface area (Å²) in [6.45, 7) is 4.98. The number of nitrogens with one attached hydrogen (secondary N) is 1. The number of hydrogen-bond acceptors (Lipinski definition) is 3. The number of nitrogens with two attached hydrogens (primary N) is 1. The van der Waals surface area contributed by atoms with E-state index in [4.69, 9.17) is 5.73 Å². The van der Waals surface area contributed by atoms with Gasteiger partial charge in [-0.3, -0.25) is 4.79 Å². The van der Waals surface area contributed by atoms with Crippen molar-refractivity contribution in [1.29, 1.82) is 0 Å². The van der Waals surface area contributed by atoms with Crippen LogP contribution in [0.5, 0.6) is 0 Å². The zero-order valence-corrected chi connectivity index (χ0v) is 10.3. The Hall–Kier alpha value is -0.610. The third kappa shape index (κ3) is 3.46. The Kier molecular flexibility index (Phi) is 5.22. The predicted molar refractivity (Wildman–Crippen MR) is 63.7 cm³/mol. The van der Waals surface area contributed by atoms with Crippen LogP contribution in [0.4, 0.5) is 0 Å². The molecule has 16 heavy (non-hydrogen) atoms. The van der Waals surface area contributed by atoms with Gasteiger partial charge in [-0.05, 0) is 18.8 Å². The molecule has 0 aromatic carbocycles. The first kappa shape index (κ1) is 13.5. The Balaban J connectivity index is 2.33. The van der Waals surface area contributed by atoms with Crippen molar-refractivity contribution in [1.82, 2.24) is 5.32 Å². The van der Waals surface area contributed by atoms with Crippen LogP contribution in [0.25, 0.3) is 0 Å². The van der Waals surface area contributed by atoms with E-state index in [1.54, 1.807) is 0 Å². The monoisotopic (exact) mass is 228 g/mol. The van der Waals surface area contributed by atoms with Crippen LogP contribution in [-0.4, -0.2) is 30.2 Å². The van der Waals surface area contributed by atoms with Crippen LogP contribution in [0, 0.1) is 17.8 Å². The van der Waals surface area contributed by atoms with Crippen molar-refractivity contribution in [3.63, 3.8) is 0 Å². The van der Waals surface area contributed by atoms with Gasteiger partial charge in [-0.1, -0.05) is 20.3 Å². The van der Waals surface area contributed by atoms with Crippen LogP contribution >= 0.6 is 0 Å². The largest absolute Gasteiger partial charge is 0.393 e. The van der Waals surface area contributed by atoms with Gasteiger partial charge in [0.15, 0.2) is 0 Å². The fourth-order valence-corrected chi connectivity index (χ4v) is 2.30. The van der Waals surface area contributed by atoms with E-state index in [-0.39, 0.29) is 29.8 Å². The minimum absolute atomic E-state index is 0.0246. The first-order valence-electron chi connectivity index (χ1n) is 6.22. The molecular weight excluding hydrogens is 204 g/mol. The van der Waals surface area contributed by atoms with Crippen LogP contribution in [0.2, 0.25) is 0 Å². The quantitative estimate of drug-likeness (QED) is 0.641. The molecule has 0 heterocycles. The van der Waals surface area contributed by atoms with Crippen molar-refractivity contribution in [3.05, 3.63) is 0 Å². The van der Waals surface area contributed by atoms with Gasteiger partial charge in [0, 0.05) is 19.0 Å². The number of aliphatic hydroxyl groups is 1. The van der Waals surface area contributed by atoms with E-state index in [9.17, 15) is 9.90 Å². The molecule has 0 spiro atoms. The summed E-state index contributed by atoms with van der Waals surface area (Å²) in [5.74, 6) is 0.406. The average Bonchev–Trinajstić information content (AvgIpc) is 2.61. The summed E-state index contributed by atoms with van der Waals surface area (Å²) >= 11 is 0. The number of amides is 1. The normalized spacial score (nSPS) is 27.1. The fourth-order valence-electron chi connectivity index (χ4n) is 2.30. The second-order valence-corrected chi connectivity index (χ2v) is 5.09. The van der Waals surface area contributed by atoms with E-state index in [0.717, 1.165) is 19.3 Å². The summed E-state index contributed by atoms with van der Waals surface area (Å²) in [6.07, 6.45) is 2.70. The van der Waals surface area contributed by atoms with Gasteiger partial charge in [0.05, 0.1) is 12.0 Å². The lowest BCUT2D eigenvalue weighted by atomic mass is 9.95. The average molecular weight is 228 g/mol. The van der Waals surface area contributed by atoms with Crippen molar-refractivity contribution in [3.8, 4) is 0 Å². The van der Waals surface area contributed by atoms with Crippen LogP contribution in [0.3, 0.4) is 0 Å². The lowest BCUT2D eigenvalue weighted by Gasteiger charge is -2.21. The molecule has 4 heteroatoms. The van der Waals surface area contributed by atoms with Crippen molar-refractivity contribution < 1.29 is 9.90 Å². The van der Waals surface area contributed by atoms with Gasteiger partial charge in [-0.25, -0.2) is 0 Å². The highest BCUT2D eigenvalue weighted by Crippen LogP contribution is 2.24. The summed E-state index contributed by atoms with van der Waals surface area (Å²) in [5, 5.41) is 12.5. The van der Waals surface area contributed by atoms with Crippen LogP contribution in [-0.2, 0) is 4.79 Å². The molecule has 0 radical (unpaired) electrons. The number of hydrogen-bond donors (Lipinski definition) is 3. The minimum Gasteiger partial charge on any atom is -0.393 e. The molecule has 0 saturated heterocycles. The van der Waals surface area contributed by atoms with Crippen LogP contribution in [0.1, 0.15) is 33.1 Å². The van der Waals surface area contributed by atoms with Crippen molar-refractivity contribution in [2.24, 2.45) is 23.5 Å². The van der Waals surface area contributed by atoms with E-state index in [1.807, 2.05) is 13.8 Å². The van der Waals surface area contributed by atoms with E-state index < -0.39 is 0 Å². The first-order chi connectivity index (χ1) is 7.56. The smallest absolute Gasteiger partial charge is 0.224 e. The zero-order chi connectivity index (χ0) is 12.1. The molecule has 0 aromatic heterocycles. The first-order valence-corrected chi connectivity index (χ1v) is 6.22. The lowest BCUT2D eigenvalue weighted by Crippen LogP contribution is -2.41. The van der Waals surface area contributed by atoms with Crippen LogP contribution in [0.15, 0.2) is 0 Å². The Morgan fingerprint density at radius 2 is 2.19 bits per heavy atom. The van der Waals surface area contributed by atoms with Crippen molar-refractivity contribution >= 4 is 5.91 Å². The minimum atomic E-state index is -0.240. The maximum Gasteiger partial charge on any atom is 0.224 e. The maximum absolute atomic E-state index is 11.8. The molecule has 1 aliphatic rings. The maximum atomic E-state index is 11.8. The summed E-state index contributed by atoms with van der Waals surface area (Å²) in [5.41, 5.74) is 5.58. The highest BCUT2D eigenvalue weighted by Gasteiger charge is 2.27. The van der Waals surface area contributed by atoms with E-state index >= 15 is 0 Å². The lowest BCUT2D eigenvalue weighted by molar-refractivity contribution is -0.126. The molecular formula is C12H24N2O2. The van der Waals surface area contributed by atoms with Gasteiger partial charge in [0.25, 0.3) is 0 Å². The topological polar surface area (TPSA) is 75.4 Å². The number of rotatable bonds is 5. The second-order valence-electron chi connectivity index (χ2n) is 5.09. The molecule has 1 saturated carbocycles. The Bertz CT molecular complexity index is 231. The summed E-state index contributed by atoms with van der Waals surface area (Å²) < 4.78 is 0. The third-order valence-electron chi connectivity index (χ3n) is 3.55. The van der Waals surface area contributed by atoms with Gasteiger partial charge >= 0.3 is 0 Å². The van der Waals surface area contributed by atoms with E-state index in [1.165, 1.54) is 0 Å². The Labute approximate surface area is 97.6 Å². The van der Waals surface area contributed by atoms with E-state index in [0.29, 0.717) is 13.1 Å². The van der Waals surface area contributed by atoms with Gasteiger partial charge in [0.2, 0.25) is 5.91 Å². The fraction of sp³-hybridized carbons (Fsp3) is 0.917. The summed E-state index contributed by atoms with van der Waals surface area (Å²) in [4.78, 5) is 11.8. The van der Waals surface area contributed by atoms with Crippen molar-refractivity contribution in [2.45, 2.75) is 39.2 Å². The number of carbonyl (C=O) groups excluding carboxylic acids is 1. The van der Waals surface area contributed by atoms with Crippen molar-refractivity contribution in [2.75, 3.05) is 13.1 Å². The second kappa shape index (κ2) is 6.21. The van der Waals surface area contributed by atoms with E-state index in [2.05, 4.69) is 5.32 Å². The molecule has 4 N–H and O–H groups in total. The molecule has 1 rings (SSSR count). The molecule has 0 aromatic rings. The standard InChI is InChI=1S/C12H24N2O2/c1-8(2)10(6-13)12(16)14-7-9-4-3-5-11(9)15/h8-11,15H,3-7,13H2,1-2H3,(H,14,16). The van der Waals surface area contributed by atoms with Gasteiger partial charge in [-0.2, -0.15) is 0 Å². The highest BCUT2D eigenvalue weighted by molar-refractivity contribution is 5.79. The van der Waals surface area contributed by atoms with Gasteiger partial charge < -0.3 is 16.2 Å². The number of carbonyl (C=O) groups is 1. The molecule has 1 fully saturated rings. The van der Waals surface area contributed by atoms with Gasteiger partial charge in [0.1, 0.15) is 0 Å². The predicted octanol–water partition coefficient (Wildman–Crippen LogP) is 0.495. The van der Waals surface area contributed by atoms with Gasteiger partial charge in [-0.15, -0.1) is 0 Å². The zero-order valence-electron chi connectivity index (χ0n) is 10.3. The molecule has 3 unspecified atom stereocenters. The molecule has 0 bridgehead atoms. The molecule has 0 aliphatic heterocycles. The molecule has 3 atom stereocenters. The molecule has 1 amide bonds. The number of aliphatic hydroxyl groups excluding tert-OH is 1. The Morgan fingerprint density at radius 1 is 1.50 bits per heavy atom. The SMILES string of the molecule is CC(C)C(CN)C(=O)NCC1CCCC1O. The Morgan fingerprint density at radius 3 is 2.62 bits per heavy atom. The summed E-state index contributed by atoms with van der Waals surface area (Å²) in [6, 6.07) is 0. The highest BCUT2D eigenvalue weighted by atomic mass is 16.3. The molecule has 1 aliphatic carbocycles. The third-order valence-corrected chi connectivity index (χ3v) is 3.55.